The molecule has 1 heterocycles. The minimum atomic E-state index is -0.457. The van der Waals surface area contributed by atoms with Gasteiger partial charge in [-0.05, 0) is 38.3 Å². The molecule has 2 atom stereocenters. The number of rotatable bonds is 6. The van der Waals surface area contributed by atoms with E-state index in [1.165, 1.54) is 0 Å². The number of likely N-dealkylation sites (N-methyl/N-ethyl adjacent to an activating group) is 1. The molecule has 1 saturated heterocycles. The second-order valence-corrected chi connectivity index (χ2v) is 5.70. The van der Waals surface area contributed by atoms with Crippen molar-refractivity contribution in [1.82, 2.24) is 10.2 Å². The molecule has 0 aromatic carbocycles. The maximum atomic E-state index is 11.9. The number of ether oxygens (including phenoxy) is 1. The molecule has 0 aromatic rings. The highest BCUT2D eigenvalue weighted by Crippen LogP contribution is 2.38. The SMILES string of the molecule is CCNC1(C(N)=O)CCCC1CCN1CCOCC1. The molecular formula is C14H27N3O2. The average molecular weight is 269 g/mol. The fourth-order valence-electron chi connectivity index (χ4n) is 3.59. The van der Waals surface area contributed by atoms with Crippen molar-refractivity contribution < 1.29 is 9.53 Å². The molecule has 1 aliphatic carbocycles. The van der Waals surface area contributed by atoms with Crippen LogP contribution >= 0.6 is 0 Å². The third kappa shape index (κ3) is 3.27. The zero-order valence-corrected chi connectivity index (χ0v) is 12.0. The van der Waals surface area contributed by atoms with Crippen LogP contribution in [0.3, 0.4) is 0 Å². The zero-order valence-electron chi connectivity index (χ0n) is 12.0. The number of hydrogen-bond acceptors (Lipinski definition) is 4. The van der Waals surface area contributed by atoms with Gasteiger partial charge in [0.1, 0.15) is 5.54 Å². The molecule has 0 bridgehead atoms. The first-order valence-electron chi connectivity index (χ1n) is 7.54. The molecule has 0 aromatic heterocycles. The number of primary amides is 1. The predicted molar refractivity (Wildman–Crippen MR) is 74.8 cm³/mol. The first-order valence-corrected chi connectivity index (χ1v) is 7.54. The van der Waals surface area contributed by atoms with E-state index in [-0.39, 0.29) is 5.91 Å². The van der Waals surface area contributed by atoms with Gasteiger partial charge in [-0.15, -0.1) is 0 Å². The molecule has 19 heavy (non-hydrogen) atoms. The van der Waals surface area contributed by atoms with E-state index in [1.807, 2.05) is 6.92 Å². The summed E-state index contributed by atoms with van der Waals surface area (Å²) in [6.45, 7) is 7.58. The molecular weight excluding hydrogens is 242 g/mol. The summed E-state index contributed by atoms with van der Waals surface area (Å²) in [5.41, 5.74) is 5.23. The smallest absolute Gasteiger partial charge is 0.238 e. The molecule has 0 radical (unpaired) electrons. The first kappa shape index (κ1) is 14.8. The number of amides is 1. The summed E-state index contributed by atoms with van der Waals surface area (Å²) in [5, 5.41) is 3.38. The molecule has 110 valence electrons. The van der Waals surface area contributed by atoms with Crippen LogP contribution in [0.4, 0.5) is 0 Å². The molecule has 1 amide bonds. The lowest BCUT2D eigenvalue weighted by atomic mass is 9.83. The average Bonchev–Trinajstić information content (AvgIpc) is 2.82. The number of nitrogens with one attached hydrogen (secondary N) is 1. The van der Waals surface area contributed by atoms with Gasteiger partial charge in [-0.25, -0.2) is 0 Å². The molecule has 5 nitrogen and oxygen atoms in total. The largest absolute Gasteiger partial charge is 0.379 e. The fraction of sp³-hybridized carbons (Fsp3) is 0.929. The summed E-state index contributed by atoms with van der Waals surface area (Å²) in [5.74, 6) is 0.214. The van der Waals surface area contributed by atoms with Crippen molar-refractivity contribution in [3.05, 3.63) is 0 Å². The van der Waals surface area contributed by atoms with Crippen LogP contribution in [0.15, 0.2) is 0 Å². The van der Waals surface area contributed by atoms with Crippen LogP contribution in [0, 0.1) is 5.92 Å². The maximum absolute atomic E-state index is 11.9. The van der Waals surface area contributed by atoms with Crippen molar-refractivity contribution >= 4 is 5.91 Å². The van der Waals surface area contributed by atoms with Gasteiger partial charge in [-0.1, -0.05) is 13.3 Å². The highest BCUT2D eigenvalue weighted by molar-refractivity contribution is 5.85. The second kappa shape index (κ2) is 6.68. The standard InChI is InChI=1S/C14H27N3O2/c1-2-16-14(13(15)18)6-3-4-12(14)5-7-17-8-10-19-11-9-17/h12,16H,2-11H2,1H3,(H2,15,18). The number of nitrogens with zero attached hydrogens (tertiary/aromatic N) is 1. The van der Waals surface area contributed by atoms with Crippen LogP contribution in [0.2, 0.25) is 0 Å². The lowest BCUT2D eigenvalue weighted by Crippen LogP contribution is -2.58. The monoisotopic (exact) mass is 269 g/mol. The maximum Gasteiger partial charge on any atom is 0.238 e. The molecule has 2 aliphatic rings. The van der Waals surface area contributed by atoms with Crippen LogP contribution in [0.1, 0.15) is 32.6 Å². The number of nitrogens with two attached hydrogens (primary N) is 1. The lowest BCUT2D eigenvalue weighted by Gasteiger charge is -2.35. The van der Waals surface area contributed by atoms with Crippen molar-refractivity contribution in [3.63, 3.8) is 0 Å². The van der Waals surface area contributed by atoms with Gasteiger partial charge in [0.05, 0.1) is 13.2 Å². The number of morpholine rings is 1. The van der Waals surface area contributed by atoms with Crippen LogP contribution in [0.5, 0.6) is 0 Å². The van der Waals surface area contributed by atoms with E-state index >= 15 is 0 Å². The van der Waals surface area contributed by atoms with Gasteiger partial charge in [-0.3, -0.25) is 9.69 Å². The van der Waals surface area contributed by atoms with Crippen molar-refractivity contribution in [2.24, 2.45) is 11.7 Å². The Kier molecular flexibility index (Phi) is 5.19. The Morgan fingerprint density at radius 2 is 2.21 bits per heavy atom. The molecule has 5 heteroatoms. The van der Waals surface area contributed by atoms with E-state index in [4.69, 9.17) is 10.5 Å². The van der Waals surface area contributed by atoms with Crippen molar-refractivity contribution in [3.8, 4) is 0 Å². The van der Waals surface area contributed by atoms with Gasteiger partial charge in [0.25, 0.3) is 0 Å². The fourth-order valence-corrected chi connectivity index (χ4v) is 3.59. The minimum Gasteiger partial charge on any atom is -0.379 e. The minimum absolute atomic E-state index is 0.168. The number of carbonyl (C=O) groups excluding carboxylic acids is 1. The molecule has 1 saturated carbocycles. The summed E-state index contributed by atoms with van der Waals surface area (Å²) in [6.07, 6.45) is 4.16. The summed E-state index contributed by atoms with van der Waals surface area (Å²) in [7, 11) is 0. The van der Waals surface area contributed by atoms with E-state index in [2.05, 4.69) is 10.2 Å². The Morgan fingerprint density at radius 3 is 2.84 bits per heavy atom. The van der Waals surface area contributed by atoms with Gasteiger partial charge in [-0.2, -0.15) is 0 Å². The zero-order chi connectivity index (χ0) is 13.7. The van der Waals surface area contributed by atoms with Gasteiger partial charge in [0.15, 0.2) is 0 Å². The second-order valence-electron chi connectivity index (χ2n) is 5.70. The highest BCUT2D eigenvalue weighted by atomic mass is 16.5. The van der Waals surface area contributed by atoms with Crippen LogP contribution in [-0.4, -0.2) is 55.7 Å². The molecule has 0 spiro atoms. The Hall–Kier alpha value is -0.650. The van der Waals surface area contributed by atoms with Crippen LogP contribution in [0.25, 0.3) is 0 Å². The Morgan fingerprint density at radius 1 is 1.47 bits per heavy atom. The molecule has 2 unspecified atom stereocenters. The summed E-state index contributed by atoms with van der Waals surface area (Å²) in [6, 6.07) is 0. The first-order chi connectivity index (χ1) is 9.19. The summed E-state index contributed by atoms with van der Waals surface area (Å²) < 4.78 is 5.36. The van der Waals surface area contributed by atoms with Gasteiger partial charge < -0.3 is 15.8 Å². The third-order valence-electron chi connectivity index (χ3n) is 4.65. The molecule has 2 rings (SSSR count). The van der Waals surface area contributed by atoms with Gasteiger partial charge in [0.2, 0.25) is 5.91 Å². The van der Waals surface area contributed by atoms with Crippen molar-refractivity contribution in [2.75, 3.05) is 39.4 Å². The third-order valence-corrected chi connectivity index (χ3v) is 4.65. The van der Waals surface area contributed by atoms with Crippen LogP contribution < -0.4 is 11.1 Å². The topological polar surface area (TPSA) is 67.6 Å². The lowest BCUT2D eigenvalue weighted by molar-refractivity contribution is -0.126. The molecule has 2 fully saturated rings. The Labute approximate surface area is 115 Å². The Bertz CT molecular complexity index is 305. The molecule has 1 aliphatic heterocycles. The van der Waals surface area contributed by atoms with E-state index in [0.717, 1.165) is 65.1 Å². The predicted octanol–water partition coefficient (Wildman–Crippen LogP) is 0.342. The van der Waals surface area contributed by atoms with Gasteiger partial charge >= 0.3 is 0 Å². The van der Waals surface area contributed by atoms with Crippen molar-refractivity contribution in [2.45, 2.75) is 38.1 Å². The molecule has 3 N–H and O–H groups in total. The van der Waals surface area contributed by atoms with E-state index in [1.54, 1.807) is 0 Å². The van der Waals surface area contributed by atoms with E-state index in [0.29, 0.717) is 5.92 Å². The normalized spacial score (nSPS) is 32.6. The van der Waals surface area contributed by atoms with Crippen molar-refractivity contribution in [1.29, 1.82) is 0 Å². The summed E-state index contributed by atoms with van der Waals surface area (Å²) >= 11 is 0. The Balaban J connectivity index is 1.91. The van der Waals surface area contributed by atoms with Gasteiger partial charge in [0, 0.05) is 13.1 Å². The quantitative estimate of drug-likeness (QED) is 0.730. The van der Waals surface area contributed by atoms with E-state index < -0.39 is 5.54 Å². The number of hydrogen-bond donors (Lipinski definition) is 2. The summed E-state index contributed by atoms with van der Waals surface area (Å²) in [4.78, 5) is 14.3. The highest BCUT2D eigenvalue weighted by Gasteiger charge is 2.46. The van der Waals surface area contributed by atoms with Crippen LogP contribution in [-0.2, 0) is 9.53 Å². The van der Waals surface area contributed by atoms with E-state index in [9.17, 15) is 4.79 Å². The number of carbonyl (C=O) groups is 1.